The summed E-state index contributed by atoms with van der Waals surface area (Å²) in [5.74, 6) is -0.224. The lowest BCUT2D eigenvalue weighted by molar-refractivity contribution is -0.338. The van der Waals surface area contributed by atoms with Crippen LogP contribution in [-0.2, 0) is 6.54 Å². The van der Waals surface area contributed by atoms with Gasteiger partial charge in [0.25, 0.3) is 17.4 Å². The predicted octanol–water partition coefficient (Wildman–Crippen LogP) is 2.27. The Bertz CT molecular complexity index is 1180. The Morgan fingerprint density at radius 2 is 1.77 bits per heavy atom. The van der Waals surface area contributed by atoms with E-state index in [1.165, 1.54) is 6.07 Å². The van der Waals surface area contributed by atoms with Gasteiger partial charge in [0.1, 0.15) is 16.5 Å². The Morgan fingerprint density at radius 3 is 2.58 bits per heavy atom. The molecule has 0 bridgehead atoms. The first kappa shape index (κ1) is 15.8. The lowest BCUT2D eigenvalue weighted by Gasteiger charge is -2.06. The summed E-state index contributed by atoms with van der Waals surface area (Å²) in [5, 5.41) is 3.54. The van der Waals surface area contributed by atoms with Crippen molar-refractivity contribution in [1.82, 2.24) is 5.32 Å². The number of aromatic nitrogens is 1. The molecule has 26 heavy (non-hydrogen) atoms. The van der Waals surface area contributed by atoms with Gasteiger partial charge in [0.2, 0.25) is 5.43 Å². The predicted molar refractivity (Wildman–Crippen MR) is 98.6 cm³/mol. The van der Waals surface area contributed by atoms with Crippen molar-refractivity contribution in [2.75, 3.05) is 5.73 Å². The molecule has 0 atom stereocenters. The third kappa shape index (κ3) is 2.77. The third-order valence-electron chi connectivity index (χ3n) is 4.20. The number of para-hydroxylation sites is 1. The molecule has 0 unspecified atom stereocenters. The van der Waals surface area contributed by atoms with Crippen LogP contribution < -0.4 is 21.5 Å². The molecule has 0 radical (unpaired) electrons. The average molecular weight is 346 g/mol. The van der Waals surface area contributed by atoms with E-state index in [4.69, 9.17) is 10.2 Å². The number of H-pyrrole nitrogens is 1. The number of anilines is 1. The third-order valence-corrected chi connectivity index (χ3v) is 4.20. The van der Waals surface area contributed by atoms with E-state index in [0.29, 0.717) is 17.5 Å². The molecule has 0 spiro atoms. The number of nitrogens with two attached hydrogens (primary N) is 1. The molecule has 4 N–H and O–H groups in total. The summed E-state index contributed by atoms with van der Waals surface area (Å²) in [6.07, 6.45) is 0. The maximum Gasteiger partial charge on any atom is 0.299 e. The van der Waals surface area contributed by atoms with Crippen LogP contribution in [0.5, 0.6) is 0 Å². The molecule has 0 fully saturated rings. The molecule has 0 aliphatic heterocycles. The largest absolute Gasteiger partial charge is 0.422 e. The molecule has 2 heterocycles. The Morgan fingerprint density at radius 1 is 1.04 bits per heavy atom. The van der Waals surface area contributed by atoms with Crippen LogP contribution in [-0.4, -0.2) is 5.91 Å². The molecule has 2 aromatic carbocycles. The number of hydrogen-bond donors (Lipinski definition) is 2. The first-order valence-electron chi connectivity index (χ1n) is 8.13. The number of rotatable bonds is 3. The molecule has 0 saturated carbocycles. The van der Waals surface area contributed by atoms with Gasteiger partial charge < -0.3 is 9.73 Å². The minimum atomic E-state index is -0.364. The number of carbonyl (C=O) groups is 1. The van der Waals surface area contributed by atoms with Gasteiger partial charge in [-0.3, -0.25) is 15.3 Å². The van der Waals surface area contributed by atoms with Crippen molar-refractivity contribution in [3.8, 4) is 0 Å². The zero-order valence-corrected chi connectivity index (χ0v) is 13.8. The Kier molecular flexibility index (Phi) is 3.85. The Labute approximate surface area is 148 Å². The van der Waals surface area contributed by atoms with Crippen LogP contribution in [0, 0.1) is 0 Å². The van der Waals surface area contributed by atoms with Gasteiger partial charge in [-0.25, -0.2) is 4.98 Å². The van der Waals surface area contributed by atoms with Gasteiger partial charge in [0.15, 0.2) is 0 Å². The van der Waals surface area contributed by atoms with Gasteiger partial charge in [-0.05, 0) is 23.8 Å². The van der Waals surface area contributed by atoms with E-state index in [2.05, 4.69) is 10.3 Å². The van der Waals surface area contributed by atoms with Crippen LogP contribution in [0.15, 0.2) is 69.9 Å². The topological polar surface area (TPSA) is 99.5 Å². The van der Waals surface area contributed by atoms with Crippen LogP contribution in [0.2, 0.25) is 0 Å². The molecule has 6 nitrogen and oxygen atoms in total. The van der Waals surface area contributed by atoms with Crippen molar-refractivity contribution < 1.29 is 14.2 Å². The summed E-state index contributed by atoms with van der Waals surface area (Å²) in [7, 11) is 0. The maximum atomic E-state index is 12.7. The summed E-state index contributed by atoms with van der Waals surface area (Å²) in [6, 6.07) is 17.9. The van der Waals surface area contributed by atoms with E-state index in [0.717, 1.165) is 5.56 Å². The summed E-state index contributed by atoms with van der Waals surface area (Å²) in [6.45, 7) is 0.365. The van der Waals surface area contributed by atoms with E-state index in [-0.39, 0.29) is 33.8 Å². The average Bonchev–Trinajstić information content (AvgIpc) is 2.67. The van der Waals surface area contributed by atoms with Crippen LogP contribution in [0.4, 0.5) is 5.82 Å². The molecule has 0 aliphatic rings. The van der Waals surface area contributed by atoms with Crippen molar-refractivity contribution in [3.63, 3.8) is 0 Å². The molecule has 4 aromatic rings. The van der Waals surface area contributed by atoms with Crippen molar-refractivity contribution >= 4 is 33.8 Å². The molecule has 128 valence electrons. The normalized spacial score (nSPS) is 10.9. The number of hydrogen-bond acceptors (Lipinski definition) is 4. The second kappa shape index (κ2) is 6.33. The van der Waals surface area contributed by atoms with E-state index < -0.39 is 0 Å². The van der Waals surface area contributed by atoms with Crippen molar-refractivity contribution in [2.45, 2.75) is 6.54 Å². The van der Waals surface area contributed by atoms with Crippen LogP contribution >= 0.6 is 0 Å². The maximum absolute atomic E-state index is 12.7. The quantitative estimate of drug-likeness (QED) is 0.556. The zero-order valence-electron chi connectivity index (χ0n) is 13.8. The van der Waals surface area contributed by atoms with E-state index in [9.17, 15) is 9.59 Å². The number of fused-ring (bicyclic) bond motifs is 2. The zero-order chi connectivity index (χ0) is 18.1. The van der Waals surface area contributed by atoms with Crippen LogP contribution in [0.3, 0.4) is 0 Å². The highest BCUT2D eigenvalue weighted by Crippen LogP contribution is 2.18. The smallest absolute Gasteiger partial charge is 0.299 e. The van der Waals surface area contributed by atoms with Crippen molar-refractivity contribution in [2.24, 2.45) is 0 Å². The first-order valence-corrected chi connectivity index (χ1v) is 8.13. The summed E-state index contributed by atoms with van der Waals surface area (Å²) in [4.78, 5) is 28.0. The molecular weight excluding hydrogens is 330 g/mol. The summed E-state index contributed by atoms with van der Waals surface area (Å²) in [5.41, 5.74) is 7.63. The minimum Gasteiger partial charge on any atom is -0.422 e. The lowest BCUT2D eigenvalue weighted by Crippen LogP contribution is -2.27. The second-order valence-corrected chi connectivity index (χ2v) is 5.94. The minimum absolute atomic E-state index is 0.140. The standard InChI is InChI=1S/C20H15N3O3/c21-18-15(19(25)22-11-12-6-2-1-3-7-12)10-14-17(24)13-8-4-5-9-16(13)26-20(14)23-18/h1-10H,11H2,(H2,21,23)(H,22,25)/p+1. The molecule has 4 rings (SSSR count). The molecule has 0 aliphatic carbocycles. The highest BCUT2D eigenvalue weighted by atomic mass is 16.3. The summed E-state index contributed by atoms with van der Waals surface area (Å²) < 4.78 is 5.70. The number of aromatic amines is 1. The monoisotopic (exact) mass is 346 g/mol. The van der Waals surface area contributed by atoms with E-state index in [1.54, 1.807) is 24.3 Å². The SMILES string of the molecule is Nc1[nH+]c2oc3ccccc3c(=O)c2cc1C(=O)NCc1ccccc1. The Hall–Kier alpha value is -3.67. The fourth-order valence-corrected chi connectivity index (χ4v) is 2.85. The van der Waals surface area contributed by atoms with Gasteiger partial charge in [0, 0.05) is 6.54 Å². The number of nitrogens with one attached hydrogen (secondary N) is 2. The Balaban J connectivity index is 1.74. The van der Waals surface area contributed by atoms with Gasteiger partial charge in [0.05, 0.1) is 5.39 Å². The van der Waals surface area contributed by atoms with Crippen LogP contribution in [0.1, 0.15) is 15.9 Å². The number of benzene rings is 2. The number of carbonyl (C=O) groups excluding carboxylic acids is 1. The first-order chi connectivity index (χ1) is 12.6. The van der Waals surface area contributed by atoms with Crippen LogP contribution in [0.25, 0.3) is 22.1 Å². The molecule has 6 heteroatoms. The van der Waals surface area contributed by atoms with Gasteiger partial charge in [-0.15, -0.1) is 0 Å². The molecule has 2 aromatic heterocycles. The molecular formula is C20H16N3O3+. The number of nitrogen functional groups attached to an aromatic ring is 1. The number of pyridine rings is 1. The van der Waals surface area contributed by atoms with Gasteiger partial charge in [-0.1, -0.05) is 42.5 Å². The molecule has 1 amide bonds. The van der Waals surface area contributed by atoms with Gasteiger partial charge in [-0.2, -0.15) is 0 Å². The van der Waals surface area contributed by atoms with E-state index in [1.807, 2.05) is 30.3 Å². The fraction of sp³-hybridized carbons (Fsp3) is 0.0500. The molecule has 0 saturated heterocycles. The highest BCUT2D eigenvalue weighted by molar-refractivity contribution is 6.00. The second-order valence-electron chi connectivity index (χ2n) is 5.94. The highest BCUT2D eigenvalue weighted by Gasteiger charge is 2.20. The van der Waals surface area contributed by atoms with Crippen molar-refractivity contribution in [3.05, 3.63) is 82.0 Å². The number of amides is 1. The summed E-state index contributed by atoms with van der Waals surface area (Å²) >= 11 is 0. The fourth-order valence-electron chi connectivity index (χ4n) is 2.85. The lowest BCUT2D eigenvalue weighted by atomic mass is 10.1. The van der Waals surface area contributed by atoms with Crippen molar-refractivity contribution in [1.29, 1.82) is 0 Å². The van der Waals surface area contributed by atoms with E-state index >= 15 is 0 Å². The van der Waals surface area contributed by atoms with Gasteiger partial charge >= 0.3 is 0 Å².